The number of nitrogens with two attached hydrogens (primary N) is 1. The van der Waals surface area contributed by atoms with Crippen molar-refractivity contribution in [1.29, 1.82) is 0 Å². The van der Waals surface area contributed by atoms with Gasteiger partial charge in [0.1, 0.15) is 23.7 Å². The first-order valence-electron chi connectivity index (χ1n) is 7.72. The zero-order valence-corrected chi connectivity index (χ0v) is 14.0. The number of aromatic amines is 1. The maximum atomic E-state index is 11.0. The maximum absolute atomic E-state index is 11.0. The molecule has 0 atom stereocenters. The molecule has 1 amide bonds. The highest BCUT2D eigenvalue weighted by molar-refractivity contribution is 5.87. The molecule has 130 valence electrons. The fraction of sp³-hybridized carbons (Fsp3) is 0.235. The monoisotopic (exact) mass is 341 g/mol. The molecule has 1 aromatic carbocycles. The number of aromatic nitrogens is 3. The Bertz CT molecular complexity index is 891. The maximum Gasteiger partial charge on any atom is 0.410 e. The molecule has 0 radical (unpaired) electrons. The number of pyridine rings is 1. The van der Waals surface area contributed by atoms with Crippen LogP contribution in [0, 0.1) is 0 Å². The summed E-state index contributed by atoms with van der Waals surface area (Å²) in [6.45, 7) is 1.33. The molecule has 0 spiro atoms. The van der Waals surface area contributed by atoms with E-state index in [1.165, 1.54) is 0 Å². The number of nitrogens with zero attached hydrogens (tertiary/aromatic N) is 3. The summed E-state index contributed by atoms with van der Waals surface area (Å²) in [5.41, 5.74) is 7.06. The number of hydrogen-bond donors (Lipinski definition) is 2. The van der Waals surface area contributed by atoms with E-state index < -0.39 is 6.09 Å². The van der Waals surface area contributed by atoms with Gasteiger partial charge >= 0.3 is 6.09 Å². The lowest BCUT2D eigenvalue weighted by Crippen LogP contribution is -2.19. The van der Waals surface area contributed by atoms with Crippen LogP contribution in [-0.4, -0.2) is 53.2 Å². The SMILES string of the molecule is CN(C)CCOc1ccncc1-c1nc2c(OC(N)=O)cccc2[nH]1. The van der Waals surface area contributed by atoms with Crippen LogP contribution in [0.25, 0.3) is 22.4 Å². The predicted octanol–water partition coefficient (Wildman–Crippen LogP) is 2.02. The van der Waals surface area contributed by atoms with Gasteiger partial charge in [-0.25, -0.2) is 9.78 Å². The number of hydrogen-bond acceptors (Lipinski definition) is 6. The van der Waals surface area contributed by atoms with Crippen LogP contribution in [0.15, 0.2) is 36.7 Å². The van der Waals surface area contributed by atoms with Gasteiger partial charge in [0, 0.05) is 18.9 Å². The average Bonchev–Trinajstić information content (AvgIpc) is 2.99. The third-order valence-corrected chi connectivity index (χ3v) is 3.52. The molecule has 0 aliphatic rings. The van der Waals surface area contributed by atoms with E-state index in [1.807, 2.05) is 25.1 Å². The second-order valence-corrected chi connectivity index (χ2v) is 5.68. The summed E-state index contributed by atoms with van der Waals surface area (Å²) in [6, 6.07) is 7.01. The number of para-hydroxylation sites is 1. The van der Waals surface area contributed by atoms with E-state index in [0.29, 0.717) is 29.4 Å². The van der Waals surface area contributed by atoms with Gasteiger partial charge in [-0.15, -0.1) is 0 Å². The number of imidazole rings is 1. The predicted molar refractivity (Wildman–Crippen MR) is 93.6 cm³/mol. The van der Waals surface area contributed by atoms with Crippen LogP contribution in [0.1, 0.15) is 0 Å². The van der Waals surface area contributed by atoms with Crippen molar-refractivity contribution in [2.45, 2.75) is 0 Å². The zero-order valence-electron chi connectivity index (χ0n) is 14.0. The first kappa shape index (κ1) is 16.7. The lowest BCUT2D eigenvalue weighted by molar-refractivity contribution is 0.211. The lowest BCUT2D eigenvalue weighted by atomic mass is 10.2. The van der Waals surface area contributed by atoms with Gasteiger partial charge in [-0.3, -0.25) is 4.98 Å². The second-order valence-electron chi connectivity index (χ2n) is 5.68. The molecule has 2 heterocycles. The molecule has 0 saturated carbocycles. The van der Waals surface area contributed by atoms with Crippen molar-refractivity contribution in [1.82, 2.24) is 19.9 Å². The number of ether oxygens (including phenoxy) is 2. The largest absolute Gasteiger partial charge is 0.491 e. The standard InChI is InChI=1S/C17H19N5O3/c1-22(2)8-9-24-13-6-7-19-10-11(13)16-20-12-4-3-5-14(15(12)21-16)25-17(18)23/h3-7,10H,8-9H2,1-2H3,(H2,18,23)(H,20,21). The highest BCUT2D eigenvalue weighted by atomic mass is 16.5. The van der Waals surface area contributed by atoms with Crippen LogP contribution in [0.3, 0.4) is 0 Å². The summed E-state index contributed by atoms with van der Waals surface area (Å²) in [7, 11) is 3.96. The molecular formula is C17H19N5O3. The first-order valence-corrected chi connectivity index (χ1v) is 7.72. The van der Waals surface area contributed by atoms with Gasteiger partial charge in [-0.2, -0.15) is 0 Å². The zero-order chi connectivity index (χ0) is 17.8. The quantitative estimate of drug-likeness (QED) is 0.710. The highest BCUT2D eigenvalue weighted by Crippen LogP contribution is 2.31. The van der Waals surface area contributed by atoms with Crippen molar-refractivity contribution in [2.24, 2.45) is 5.73 Å². The molecule has 8 nitrogen and oxygen atoms in total. The van der Waals surface area contributed by atoms with Crippen LogP contribution < -0.4 is 15.2 Å². The number of amides is 1. The van der Waals surface area contributed by atoms with E-state index >= 15 is 0 Å². The average molecular weight is 341 g/mol. The van der Waals surface area contributed by atoms with Gasteiger partial charge in [-0.05, 0) is 32.3 Å². The van der Waals surface area contributed by atoms with Crippen molar-refractivity contribution >= 4 is 17.1 Å². The van der Waals surface area contributed by atoms with E-state index in [4.69, 9.17) is 15.2 Å². The first-order chi connectivity index (χ1) is 12.0. The Kier molecular flexibility index (Phi) is 4.80. The van der Waals surface area contributed by atoms with E-state index in [9.17, 15) is 4.79 Å². The minimum Gasteiger partial charge on any atom is -0.491 e. The molecule has 3 aromatic rings. The molecule has 0 unspecified atom stereocenters. The number of fused-ring (bicyclic) bond motifs is 1. The molecule has 3 rings (SSSR count). The summed E-state index contributed by atoms with van der Waals surface area (Å²) < 4.78 is 10.8. The fourth-order valence-electron chi connectivity index (χ4n) is 2.35. The molecule has 25 heavy (non-hydrogen) atoms. The van der Waals surface area contributed by atoms with Gasteiger partial charge in [0.25, 0.3) is 0 Å². The number of carbonyl (C=O) groups excluding carboxylic acids is 1. The molecule has 0 saturated heterocycles. The Hall–Kier alpha value is -3.13. The summed E-state index contributed by atoms with van der Waals surface area (Å²) in [5, 5.41) is 0. The minimum absolute atomic E-state index is 0.298. The number of likely N-dealkylation sites (N-methyl/N-ethyl adjacent to an activating group) is 1. The fourth-order valence-corrected chi connectivity index (χ4v) is 2.35. The van der Waals surface area contributed by atoms with E-state index in [0.717, 1.165) is 17.6 Å². The van der Waals surface area contributed by atoms with E-state index in [-0.39, 0.29) is 0 Å². The van der Waals surface area contributed by atoms with E-state index in [2.05, 4.69) is 15.0 Å². The Labute approximate surface area is 144 Å². The van der Waals surface area contributed by atoms with Crippen LogP contribution in [-0.2, 0) is 0 Å². The molecule has 3 N–H and O–H groups in total. The van der Waals surface area contributed by atoms with Gasteiger partial charge in [-0.1, -0.05) is 6.07 Å². The van der Waals surface area contributed by atoms with Crippen molar-refractivity contribution in [3.63, 3.8) is 0 Å². The third kappa shape index (κ3) is 3.86. The summed E-state index contributed by atoms with van der Waals surface area (Å²) in [5.74, 6) is 1.54. The van der Waals surface area contributed by atoms with Crippen molar-refractivity contribution in [3.8, 4) is 22.9 Å². The van der Waals surface area contributed by atoms with Gasteiger partial charge < -0.3 is 25.1 Å². The number of carbonyl (C=O) groups is 1. The molecule has 0 aliphatic heterocycles. The number of primary amides is 1. The Morgan fingerprint density at radius 3 is 2.88 bits per heavy atom. The smallest absolute Gasteiger partial charge is 0.410 e. The van der Waals surface area contributed by atoms with Crippen molar-refractivity contribution in [2.75, 3.05) is 27.2 Å². The van der Waals surface area contributed by atoms with Gasteiger partial charge in [0.15, 0.2) is 5.75 Å². The minimum atomic E-state index is -0.883. The summed E-state index contributed by atoms with van der Waals surface area (Å²) in [6.07, 6.45) is 2.46. The second kappa shape index (κ2) is 7.18. The summed E-state index contributed by atoms with van der Waals surface area (Å²) >= 11 is 0. The molecule has 0 aliphatic carbocycles. The van der Waals surface area contributed by atoms with Crippen molar-refractivity contribution < 1.29 is 14.3 Å². The number of rotatable bonds is 6. The Balaban J connectivity index is 1.95. The van der Waals surface area contributed by atoms with E-state index in [1.54, 1.807) is 30.6 Å². The lowest BCUT2D eigenvalue weighted by Gasteiger charge is -2.12. The normalized spacial score (nSPS) is 11.0. The molecule has 0 bridgehead atoms. The number of nitrogens with one attached hydrogen (secondary N) is 1. The van der Waals surface area contributed by atoms with Crippen LogP contribution in [0.5, 0.6) is 11.5 Å². The summed E-state index contributed by atoms with van der Waals surface area (Å²) in [4.78, 5) is 24.9. The Morgan fingerprint density at radius 2 is 2.12 bits per heavy atom. The topological polar surface area (TPSA) is 106 Å². The number of H-pyrrole nitrogens is 1. The number of benzene rings is 1. The van der Waals surface area contributed by atoms with Gasteiger partial charge in [0.2, 0.25) is 0 Å². The Morgan fingerprint density at radius 1 is 1.28 bits per heavy atom. The van der Waals surface area contributed by atoms with Crippen LogP contribution in [0.4, 0.5) is 4.79 Å². The van der Waals surface area contributed by atoms with Crippen LogP contribution in [0.2, 0.25) is 0 Å². The van der Waals surface area contributed by atoms with Crippen molar-refractivity contribution in [3.05, 3.63) is 36.7 Å². The molecule has 0 fully saturated rings. The van der Waals surface area contributed by atoms with Crippen LogP contribution >= 0.6 is 0 Å². The molecular weight excluding hydrogens is 322 g/mol. The highest BCUT2D eigenvalue weighted by Gasteiger charge is 2.14. The molecule has 8 heteroatoms. The third-order valence-electron chi connectivity index (χ3n) is 3.52. The molecule has 2 aromatic heterocycles. The van der Waals surface area contributed by atoms with Gasteiger partial charge in [0.05, 0.1) is 11.1 Å².